The van der Waals surface area contributed by atoms with Gasteiger partial charge in [0.15, 0.2) is 4.34 Å². The first-order valence-electron chi connectivity index (χ1n) is 6.45. The molecule has 1 unspecified atom stereocenters. The van der Waals surface area contributed by atoms with Crippen LogP contribution < -0.4 is 0 Å². The molecule has 0 saturated carbocycles. The fraction of sp³-hybridized carbons (Fsp3) is 0.188. The summed E-state index contributed by atoms with van der Waals surface area (Å²) in [6.45, 7) is 2.05. The molecule has 1 aromatic heterocycles. The Hall–Kier alpha value is -1.36. The monoisotopic (exact) mass is 301 g/mol. The summed E-state index contributed by atoms with van der Waals surface area (Å²) in [6, 6.07) is 16.1. The Morgan fingerprint density at radius 1 is 1.15 bits per heavy atom. The first kappa shape index (κ1) is 13.6. The molecule has 0 radical (unpaired) electrons. The van der Waals surface area contributed by atoms with E-state index in [0.717, 1.165) is 15.4 Å². The molecule has 20 heavy (non-hydrogen) atoms. The lowest BCUT2D eigenvalue weighted by Gasteiger charge is -2.09. The van der Waals surface area contributed by atoms with E-state index >= 15 is 0 Å². The van der Waals surface area contributed by atoms with Crippen molar-refractivity contribution in [2.45, 2.75) is 17.4 Å². The zero-order valence-corrected chi connectivity index (χ0v) is 12.7. The third-order valence-electron chi connectivity index (χ3n) is 3.10. The predicted molar refractivity (Wildman–Crippen MR) is 86.5 cm³/mol. The fourth-order valence-corrected chi connectivity index (χ4v) is 4.01. The first-order valence-corrected chi connectivity index (χ1v) is 8.25. The summed E-state index contributed by atoms with van der Waals surface area (Å²) >= 11 is 3.29. The Labute approximate surface area is 126 Å². The molecular formula is C16H15NOS2. The summed E-state index contributed by atoms with van der Waals surface area (Å²) in [7, 11) is 0. The Kier molecular flexibility index (Phi) is 4.05. The lowest BCUT2D eigenvalue weighted by molar-refractivity contribution is 0.204. The van der Waals surface area contributed by atoms with Gasteiger partial charge in [-0.05, 0) is 24.6 Å². The summed E-state index contributed by atoms with van der Waals surface area (Å²) in [5, 5.41) is 10.2. The van der Waals surface area contributed by atoms with Gasteiger partial charge in [-0.1, -0.05) is 53.7 Å². The Balaban J connectivity index is 1.68. The highest BCUT2D eigenvalue weighted by molar-refractivity contribution is 8.01. The number of thioether (sulfide) groups is 1. The smallest absolute Gasteiger partial charge is 0.151 e. The van der Waals surface area contributed by atoms with Crippen molar-refractivity contribution in [2.24, 2.45) is 0 Å². The topological polar surface area (TPSA) is 33.1 Å². The summed E-state index contributed by atoms with van der Waals surface area (Å²) < 4.78 is 2.21. The van der Waals surface area contributed by atoms with Crippen molar-refractivity contribution < 1.29 is 5.11 Å². The maximum atomic E-state index is 10.2. The fourth-order valence-electron chi connectivity index (χ4n) is 1.95. The number of thiazole rings is 1. The van der Waals surface area contributed by atoms with Gasteiger partial charge in [0, 0.05) is 5.75 Å². The van der Waals surface area contributed by atoms with E-state index in [1.165, 1.54) is 10.3 Å². The van der Waals surface area contributed by atoms with Crippen LogP contribution in [0.4, 0.5) is 0 Å². The normalized spacial score (nSPS) is 12.7. The molecule has 2 aromatic carbocycles. The molecule has 0 amide bonds. The molecule has 4 heteroatoms. The molecule has 0 fully saturated rings. The average Bonchev–Trinajstić information content (AvgIpc) is 2.88. The van der Waals surface area contributed by atoms with Crippen molar-refractivity contribution in [3.8, 4) is 0 Å². The summed E-state index contributed by atoms with van der Waals surface area (Å²) in [6.07, 6.45) is -0.451. The second-order valence-electron chi connectivity index (χ2n) is 4.68. The number of para-hydroxylation sites is 1. The van der Waals surface area contributed by atoms with Crippen LogP contribution in [0.25, 0.3) is 10.2 Å². The molecule has 1 atom stereocenters. The SMILES string of the molecule is Cc1ccc(C(O)CSc2nc3ccccc3s2)cc1. The second-order valence-corrected chi connectivity index (χ2v) is 6.98. The van der Waals surface area contributed by atoms with Crippen LogP contribution in [-0.2, 0) is 0 Å². The predicted octanol–water partition coefficient (Wildman–Crippen LogP) is 4.43. The maximum absolute atomic E-state index is 10.2. The number of rotatable bonds is 4. The van der Waals surface area contributed by atoms with Crippen LogP contribution in [0.5, 0.6) is 0 Å². The van der Waals surface area contributed by atoms with E-state index in [1.807, 2.05) is 49.4 Å². The van der Waals surface area contributed by atoms with Crippen molar-refractivity contribution in [1.29, 1.82) is 0 Å². The number of aliphatic hydroxyl groups is 1. The van der Waals surface area contributed by atoms with E-state index in [4.69, 9.17) is 0 Å². The van der Waals surface area contributed by atoms with Crippen LogP contribution in [0.15, 0.2) is 52.9 Å². The zero-order chi connectivity index (χ0) is 13.9. The molecule has 0 bridgehead atoms. The molecule has 3 rings (SSSR count). The van der Waals surface area contributed by atoms with Crippen molar-refractivity contribution in [3.63, 3.8) is 0 Å². The van der Waals surface area contributed by atoms with E-state index in [9.17, 15) is 5.11 Å². The van der Waals surface area contributed by atoms with Crippen LogP contribution in [0.3, 0.4) is 0 Å². The van der Waals surface area contributed by atoms with Crippen LogP contribution in [0.1, 0.15) is 17.2 Å². The van der Waals surface area contributed by atoms with Crippen LogP contribution in [0, 0.1) is 6.92 Å². The molecular weight excluding hydrogens is 286 g/mol. The van der Waals surface area contributed by atoms with E-state index in [2.05, 4.69) is 11.1 Å². The van der Waals surface area contributed by atoms with Crippen molar-refractivity contribution in [1.82, 2.24) is 4.98 Å². The minimum atomic E-state index is -0.451. The quantitative estimate of drug-likeness (QED) is 0.724. The van der Waals surface area contributed by atoms with Gasteiger partial charge < -0.3 is 5.11 Å². The minimum Gasteiger partial charge on any atom is -0.388 e. The number of hydrogen-bond donors (Lipinski definition) is 1. The Morgan fingerprint density at radius 3 is 2.65 bits per heavy atom. The van der Waals surface area contributed by atoms with Gasteiger partial charge in [-0.15, -0.1) is 11.3 Å². The number of benzene rings is 2. The second kappa shape index (κ2) is 5.95. The highest BCUT2D eigenvalue weighted by Gasteiger charge is 2.10. The highest BCUT2D eigenvalue weighted by atomic mass is 32.2. The van der Waals surface area contributed by atoms with E-state index in [0.29, 0.717) is 5.75 Å². The van der Waals surface area contributed by atoms with Crippen LogP contribution >= 0.6 is 23.1 Å². The van der Waals surface area contributed by atoms with Gasteiger partial charge in [-0.2, -0.15) is 0 Å². The van der Waals surface area contributed by atoms with Crippen molar-refractivity contribution >= 4 is 33.3 Å². The molecule has 1 heterocycles. The number of nitrogens with zero attached hydrogens (tertiary/aromatic N) is 1. The standard InChI is InChI=1S/C16H15NOS2/c1-11-6-8-12(9-7-11)14(18)10-19-16-17-13-4-2-3-5-15(13)20-16/h2-9,14,18H,10H2,1H3. The maximum Gasteiger partial charge on any atom is 0.151 e. The van der Waals surface area contributed by atoms with Gasteiger partial charge in [0.25, 0.3) is 0 Å². The van der Waals surface area contributed by atoms with Gasteiger partial charge in [0.1, 0.15) is 0 Å². The minimum absolute atomic E-state index is 0.451. The highest BCUT2D eigenvalue weighted by Crippen LogP contribution is 2.31. The third kappa shape index (κ3) is 3.03. The van der Waals surface area contributed by atoms with Gasteiger partial charge in [0.2, 0.25) is 0 Å². The van der Waals surface area contributed by atoms with Gasteiger partial charge in [0.05, 0.1) is 16.3 Å². The lowest BCUT2D eigenvalue weighted by atomic mass is 10.1. The lowest BCUT2D eigenvalue weighted by Crippen LogP contribution is -2.00. The molecule has 102 valence electrons. The molecule has 1 N–H and O–H groups in total. The van der Waals surface area contributed by atoms with Gasteiger partial charge >= 0.3 is 0 Å². The van der Waals surface area contributed by atoms with E-state index in [1.54, 1.807) is 23.1 Å². The van der Waals surface area contributed by atoms with Gasteiger partial charge in [-0.25, -0.2) is 4.98 Å². The summed E-state index contributed by atoms with van der Waals surface area (Å²) in [5.41, 5.74) is 3.20. The Bertz CT molecular complexity index is 673. The largest absolute Gasteiger partial charge is 0.388 e. The number of aryl methyl sites for hydroxylation is 1. The van der Waals surface area contributed by atoms with Crippen LogP contribution in [-0.4, -0.2) is 15.8 Å². The van der Waals surface area contributed by atoms with E-state index < -0.39 is 6.10 Å². The molecule has 2 nitrogen and oxygen atoms in total. The number of aliphatic hydroxyl groups excluding tert-OH is 1. The molecule has 0 spiro atoms. The van der Waals surface area contributed by atoms with E-state index in [-0.39, 0.29) is 0 Å². The number of fused-ring (bicyclic) bond motifs is 1. The van der Waals surface area contributed by atoms with Gasteiger partial charge in [-0.3, -0.25) is 0 Å². The van der Waals surface area contributed by atoms with Crippen LogP contribution in [0.2, 0.25) is 0 Å². The third-order valence-corrected chi connectivity index (χ3v) is 5.36. The summed E-state index contributed by atoms with van der Waals surface area (Å²) in [5.74, 6) is 0.628. The average molecular weight is 301 g/mol. The molecule has 0 aliphatic rings. The molecule has 0 aliphatic carbocycles. The van der Waals surface area contributed by atoms with Crippen molar-refractivity contribution in [2.75, 3.05) is 5.75 Å². The molecule has 0 aliphatic heterocycles. The Morgan fingerprint density at radius 2 is 1.90 bits per heavy atom. The summed E-state index contributed by atoms with van der Waals surface area (Å²) in [4.78, 5) is 4.56. The zero-order valence-electron chi connectivity index (χ0n) is 11.1. The number of hydrogen-bond acceptors (Lipinski definition) is 4. The molecule has 0 saturated heterocycles. The first-order chi connectivity index (χ1) is 9.72. The van der Waals surface area contributed by atoms with Crippen molar-refractivity contribution in [3.05, 3.63) is 59.7 Å². The number of aromatic nitrogens is 1. The molecule has 3 aromatic rings.